The Morgan fingerprint density at radius 2 is 1.63 bits per heavy atom. The number of carboxylic acids is 1. The van der Waals surface area contributed by atoms with E-state index >= 15 is 0 Å². The topological polar surface area (TPSA) is 77.9 Å². The number of anilines is 1. The van der Waals surface area contributed by atoms with E-state index in [1.807, 2.05) is 0 Å². The Labute approximate surface area is 171 Å². The second-order valence-electron chi connectivity index (χ2n) is 6.68. The molecule has 0 radical (unpaired) electrons. The highest BCUT2D eigenvalue weighted by molar-refractivity contribution is 7.89. The summed E-state index contributed by atoms with van der Waals surface area (Å²) in [5, 5.41) is 8.64. The zero-order chi connectivity index (χ0) is 21.9. The number of piperazine rings is 1. The monoisotopic (exact) mass is 440 g/mol. The van der Waals surface area contributed by atoms with Crippen molar-refractivity contribution >= 4 is 27.8 Å². The Hall–Kier alpha value is -2.85. The first kappa shape index (κ1) is 21.8. The Kier molecular flexibility index (Phi) is 6.18. The molecule has 6 nitrogen and oxygen atoms in total. The highest BCUT2D eigenvalue weighted by atomic mass is 32.2. The Bertz CT molecular complexity index is 1040. The smallest absolute Gasteiger partial charge is 0.416 e. The molecular formula is C20H19F3N2O4S. The molecule has 1 aliphatic heterocycles. The number of alkyl halides is 3. The van der Waals surface area contributed by atoms with Gasteiger partial charge in [-0.3, -0.25) is 0 Å². The van der Waals surface area contributed by atoms with Gasteiger partial charge in [0.05, 0.1) is 10.5 Å². The number of rotatable bonds is 5. The lowest BCUT2D eigenvalue weighted by Crippen LogP contribution is -2.48. The van der Waals surface area contributed by atoms with Gasteiger partial charge in [0.1, 0.15) is 0 Å². The molecule has 0 atom stereocenters. The first-order chi connectivity index (χ1) is 14.1. The van der Waals surface area contributed by atoms with Crippen molar-refractivity contribution < 1.29 is 31.5 Å². The van der Waals surface area contributed by atoms with Crippen molar-refractivity contribution in [3.8, 4) is 0 Å². The maximum Gasteiger partial charge on any atom is 0.416 e. The normalized spacial score (nSPS) is 16.2. The molecule has 2 aromatic rings. The van der Waals surface area contributed by atoms with Gasteiger partial charge in [0.15, 0.2) is 0 Å². The third kappa shape index (κ3) is 5.00. The van der Waals surface area contributed by atoms with Crippen molar-refractivity contribution in [3.63, 3.8) is 0 Å². The van der Waals surface area contributed by atoms with E-state index < -0.39 is 27.7 Å². The van der Waals surface area contributed by atoms with E-state index in [0.717, 1.165) is 18.2 Å². The Morgan fingerprint density at radius 1 is 1.00 bits per heavy atom. The van der Waals surface area contributed by atoms with Gasteiger partial charge in [0, 0.05) is 37.9 Å². The second-order valence-corrected chi connectivity index (χ2v) is 8.62. The molecule has 1 fully saturated rings. The predicted octanol–water partition coefficient (Wildman–Crippen LogP) is 3.31. The molecule has 1 heterocycles. The minimum Gasteiger partial charge on any atom is -0.478 e. The lowest BCUT2D eigenvalue weighted by Gasteiger charge is -2.35. The van der Waals surface area contributed by atoms with Gasteiger partial charge < -0.3 is 10.0 Å². The van der Waals surface area contributed by atoms with Crippen LogP contribution in [0.25, 0.3) is 6.08 Å². The van der Waals surface area contributed by atoms with E-state index in [-0.39, 0.29) is 31.1 Å². The standard InChI is InChI=1S/C20H19F3N2O4S/c21-20(22,23)16-2-1-3-17(14-16)24-10-12-25(13-11-24)30(28,29)18-7-4-15(5-8-18)6-9-19(26)27/h1-9,14H,10-13H2,(H,26,27). The van der Waals surface area contributed by atoms with Crippen LogP contribution in [0.1, 0.15) is 11.1 Å². The first-order valence-electron chi connectivity index (χ1n) is 9.01. The van der Waals surface area contributed by atoms with Crippen molar-refractivity contribution in [1.82, 2.24) is 4.31 Å². The summed E-state index contributed by atoms with van der Waals surface area (Å²) < 4.78 is 65.7. The fourth-order valence-corrected chi connectivity index (χ4v) is 4.56. The molecule has 10 heteroatoms. The first-order valence-corrected chi connectivity index (χ1v) is 10.4. The van der Waals surface area contributed by atoms with Crippen molar-refractivity contribution in [3.05, 3.63) is 65.7 Å². The van der Waals surface area contributed by atoms with Crippen LogP contribution in [0.4, 0.5) is 18.9 Å². The summed E-state index contributed by atoms with van der Waals surface area (Å²) in [5.74, 6) is -1.11. The summed E-state index contributed by atoms with van der Waals surface area (Å²) >= 11 is 0. The number of hydrogen-bond acceptors (Lipinski definition) is 4. The second kappa shape index (κ2) is 8.49. The fourth-order valence-electron chi connectivity index (χ4n) is 3.13. The van der Waals surface area contributed by atoms with Crippen molar-refractivity contribution in [2.45, 2.75) is 11.1 Å². The lowest BCUT2D eigenvalue weighted by molar-refractivity contribution is -0.137. The van der Waals surface area contributed by atoms with Crippen LogP contribution in [0.5, 0.6) is 0 Å². The van der Waals surface area contributed by atoms with Crippen LogP contribution in [-0.4, -0.2) is 50.0 Å². The Balaban J connectivity index is 1.69. The fraction of sp³-hybridized carbons (Fsp3) is 0.250. The predicted molar refractivity (Wildman–Crippen MR) is 106 cm³/mol. The summed E-state index contributed by atoms with van der Waals surface area (Å²) in [5.41, 5.74) is 0.203. The van der Waals surface area contributed by atoms with Crippen molar-refractivity contribution in [1.29, 1.82) is 0 Å². The SMILES string of the molecule is O=C(O)C=Cc1ccc(S(=O)(=O)N2CCN(c3cccc(C(F)(F)F)c3)CC2)cc1. The molecule has 0 unspecified atom stereocenters. The van der Waals surface area contributed by atoms with Crippen LogP contribution in [0.15, 0.2) is 59.5 Å². The summed E-state index contributed by atoms with van der Waals surface area (Å²) in [7, 11) is -3.76. The van der Waals surface area contributed by atoms with Gasteiger partial charge in [-0.1, -0.05) is 18.2 Å². The summed E-state index contributed by atoms with van der Waals surface area (Å²) in [4.78, 5) is 12.3. The van der Waals surface area contributed by atoms with Crippen LogP contribution in [0.2, 0.25) is 0 Å². The number of carbonyl (C=O) groups is 1. The summed E-state index contributed by atoms with van der Waals surface area (Å²) in [6.45, 7) is 0.804. The van der Waals surface area contributed by atoms with Crippen molar-refractivity contribution in [2.75, 3.05) is 31.1 Å². The van der Waals surface area contributed by atoms with E-state index in [9.17, 15) is 26.4 Å². The van der Waals surface area contributed by atoms with Gasteiger partial charge >= 0.3 is 12.1 Å². The summed E-state index contributed by atoms with van der Waals surface area (Å²) in [6.07, 6.45) is -2.13. The third-order valence-corrected chi connectivity index (χ3v) is 6.63. The largest absolute Gasteiger partial charge is 0.478 e. The number of hydrogen-bond donors (Lipinski definition) is 1. The van der Waals surface area contributed by atoms with E-state index in [4.69, 9.17) is 5.11 Å². The van der Waals surface area contributed by atoms with E-state index in [1.54, 1.807) is 11.0 Å². The lowest BCUT2D eigenvalue weighted by atomic mass is 10.1. The van der Waals surface area contributed by atoms with Gasteiger partial charge in [-0.05, 0) is 42.0 Å². The molecule has 160 valence electrons. The van der Waals surface area contributed by atoms with Gasteiger partial charge in [-0.2, -0.15) is 17.5 Å². The molecule has 0 saturated carbocycles. The molecule has 3 rings (SSSR count). The molecule has 2 aromatic carbocycles. The highest BCUT2D eigenvalue weighted by Gasteiger charge is 2.32. The molecule has 30 heavy (non-hydrogen) atoms. The molecule has 0 spiro atoms. The zero-order valence-corrected chi connectivity index (χ0v) is 16.5. The van der Waals surface area contributed by atoms with Gasteiger partial charge in [-0.15, -0.1) is 0 Å². The number of benzene rings is 2. The van der Waals surface area contributed by atoms with E-state index in [1.165, 1.54) is 40.7 Å². The van der Waals surface area contributed by atoms with Crippen molar-refractivity contribution in [2.24, 2.45) is 0 Å². The molecule has 1 N–H and O–H groups in total. The van der Waals surface area contributed by atoms with Crippen LogP contribution >= 0.6 is 0 Å². The molecule has 0 bridgehead atoms. The van der Waals surface area contributed by atoms with Crippen LogP contribution in [0, 0.1) is 0 Å². The number of halogens is 3. The molecule has 0 aromatic heterocycles. The minimum atomic E-state index is -4.44. The average Bonchev–Trinajstić information content (AvgIpc) is 2.72. The third-order valence-electron chi connectivity index (χ3n) is 4.71. The maximum absolute atomic E-state index is 12.9. The van der Waals surface area contributed by atoms with Gasteiger partial charge in [0.25, 0.3) is 0 Å². The molecule has 1 aliphatic rings. The van der Waals surface area contributed by atoms with Crippen LogP contribution < -0.4 is 4.90 Å². The van der Waals surface area contributed by atoms with Gasteiger partial charge in [0.2, 0.25) is 10.0 Å². The van der Waals surface area contributed by atoms with Gasteiger partial charge in [-0.25, -0.2) is 13.2 Å². The quantitative estimate of drug-likeness (QED) is 0.722. The number of sulfonamides is 1. The minimum absolute atomic E-state index is 0.0718. The number of aliphatic carboxylic acids is 1. The molecule has 0 amide bonds. The average molecular weight is 440 g/mol. The van der Waals surface area contributed by atoms with Crippen LogP contribution in [-0.2, 0) is 21.0 Å². The number of carboxylic acid groups (broad SMARTS) is 1. The van der Waals surface area contributed by atoms with E-state index in [0.29, 0.717) is 11.3 Å². The highest BCUT2D eigenvalue weighted by Crippen LogP contribution is 2.32. The zero-order valence-electron chi connectivity index (χ0n) is 15.7. The van der Waals surface area contributed by atoms with Crippen LogP contribution in [0.3, 0.4) is 0 Å². The molecular weight excluding hydrogens is 421 g/mol. The maximum atomic E-state index is 12.9. The Morgan fingerprint density at radius 3 is 2.20 bits per heavy atom. The van der Waals surface area contributed by atoms with E-state index in [2.05, 4.69) is 0 Å². The summed E-state index contributed by atoms with van der Waals surface area (Å²) in [6, 6.07) is 10.8. The number of nitrogens with zero attached hydrogens (tertiary/aromatic N) is 2. The molecule has 1 saturated heterocycles. The molecule has 0 aliphatic carbocycles.